The lowest BCUT2D eigenvalue weighted by Crippen LogP contribution is -2.16. The van der Waals surface area contributed by atoms with Gasteiger partial charge in [-0.3, -0.25) is 19.0 Å². The molecule has 3 rings (SSSR count). The largest absolute Gasteiger partial charge is 0.495 e. The van der Waals surface area contributed by atoms with Gasteiger partial charge in [0.05, 0.1) is 43.4 Å². The van der Waals surface area contributed by atoms with Crippen molar-refractivity contribution in [2.45, 2.75) is 9.79 Å². The molecule has 206 valence electrons. The SMILES string of the molecule is COc1cc(OC)c(S(=O)(=O)O)cc1N=Nc1c[nH]n(-c2ccc(S(=O)(=O)CCOS(=O)(=O)O)cc2)c1=O. The van der Waals surface area contributed by atoms with E-state index < -0.39 is 53.2 Å². The van der Waals surface area contributed by atoms with Crippen molar-refractivity contribution in [2.75, 3.05) is 26.6 Å². The van der Waals surface area contributed by atoms with Crippen LogP contribution in [-0.2, 0) is 34.5 Å². The van der Waals surface area contributed by atoms with Crippen molar-refractivity contribution in [3.63, 3.8) is 0 Å². The van der Waals surface area contributed by atoms with Gasteiger partial charge in [-0.25, -0.2) is 17.3 Å². The minimum atomic E-state index is -4.79. The van der Waals surface area contributed by atoms with Crippen LogP contribution in [0.2, 0.25) is 0 Å². The molecule has 0 atom stereocenters. The molecule has 0 aliphatic heterocycles. The molecule has 16 nitrogen and oxygen atoms in total. The molecule has 19 heteroatoms. The molecular formula is C19H20N4O12S3. The maximum Gasteiger partial charge on any atom is 0.397 e. The van der Waals surface area contributed by atoms with E-state index in [0.717, 1.165) is 16.8 Å². The van der Waals surface area contributed by atoms with Crippen molar-refractivity contribution in [3.8, 4) is 17.2 Å². The van der Waals surface area contributed by atoms with E-state index in [1.165, 1.54) is 44.7 Å². The summed E-state index contributed by atoms with van der Waals surface area (Å²) in [6.07, 6.45) is 1.18. The lowest BCUT2D eigenvalue weighted by molar-refractivity contribution is 0.284. The minimum Gasteiger partial charge on any atom is -0.495 e. The van der Waals surface area contributed by atoms with E-state index in [-0.39, 0.29) is 33.5 Å². The van der Waals surface area contributed by atoms with Crippen molar-refractivity contribution in [1.82, 2.24) is 9.78 Å². The first kappa shape index (κ1) is 28.9. The quantitative estimate of drug-likeness (QED) is 0.212. The van der Waals surface area contributed by atoms with E-state index >= 15 is 0 Å². The van der Waals surface area contributed by atoms with Crippen LogP contribution in [0.15, 0.2) is 67.4 Å². The number of ether oxygens (including phenoxy) is 2. The fourth-order valence-corrected chi connectivity index (χ4v) is 5.18. The van der Waals surface area contributed by atoms with Gasteiger partial charge in [0.15, 0.2) is 15.5 Å². The molecule has 3 N–H and O–H groups in total. The number of H-pyrrole nitrogens is 1. The second-order valence-electron chi connectivity index (χ2n) is 7.21. The van der Waals surface area contributed by atoms with Gasteiger partial charge in [0.2, 0.25) is 0 Å². The zero-order valence-electron chi connectivity index (χ0n) is 19.5. The third kappa shape index (κ3) is 6.82. The Morgan fingerprint density at radius 2 is 1.50 bits per heavy atom. The van der Waals surface area contributed by atoms with Gasteiger partial charge in [-0.2, -0.15) is 16.8 Å². The number of benzene rings is 2. The second kappa shape index (κ2) is 11.0. The molecule has 3 aromatic rings. The van der Waals surface area contributed by atoms with Gasteiger partial charge < -0.3 is 9.47 Å². The molecule has 0 spiro atoms. The molecule has 0 radical (unpaired) electrons. The monoisotopic (exact) mass is 592 g/mol. The lowest BCUT2D eigenvalue weighted by atomic mass is 10.3. The predicted octanol–water partition coefficient (Wildman–Crippen LogP) is 1.44. The normalized spacial score (nSPS) is 12.6. The topological polar surface area (TPSA) is 233 Å². The Bertz CT molecular complexity index is 1740. The summed E-state index contributed by atoms with van der Waals surface area (Å²) < 4.78 is 102. The molecule has 0 amide bonds. The standard InChI is InChI=1S/C19H20N4O12S3/c1-33-16-10-17(34-2)18(37(27,28)29)9-14(16)21-22-15-11-20-23(19(15)24)12-3-5-13(6-4-12)36(25,26)8-7-35-38(30,31)32/h3-6,9-11,20H,7-8H2,1-2H3,(H,27,28,29)(H,30,31,32). The van der Waals surface area contributed by atoms with Gasteiger partial charge in [0.25, 0.3) is 15.7 Å². The number of sulfone groups is 1. The molecule has 38 heavy (non-hydrogen) atoms. The van der Waals surface area contributed by atoms with E-state index in [4.69, 9.17) is 14.0 Å². The van der Waals surface area contributed by atoms with Gasteiger partial charge in [0.1, 0.15) is 22.1 Å². The minimum absolute atomic E-state index is 0.0349. The van der Waals surface area contributed by atoms with Crippen LogP contribution in [0.3, 0.4) is 0 Å². The van der Waals surface area contributed by atoms with Gasteiger partial charge >= 0.3 is 10.4 Å². The van der Waals surface area contributed by atoms with Crippen molar-refractivity contribution >= 4 is 41.7 Å². The van der Waals surface area contributed by atoms with Crippen LogP contribution in [0.4, 0.5) is 11.4 Å². The number of methoxy groups -OCH3 is 2. The number of hydrogen-bond acceptors (Lipinski definition) is 12. The molecule has 0 aliphatic carbocycles. The Morgan fingerprint density at radius 3 is 2.05 bits per heavy atom. The zero-order valence-corrected chi connectivity index (χ0v) is 21.9. The molecule has 0 aliphatic rings. The van der Waals surface area contributed by atoms with E-state index in [0.29, 0.717) is 0 Å². The highest BCUT2D eigenvalue weighted by atomic mass is 32.3. The number of rotatable bonds is 11. The zero-order chi connectivity index (χ0) is 28.3. The van der Waals surface area contributed by atoms with Crippen molar-refractivity contribution < 1.29 is 48.0 Å². The molecule has 1 heterocycles. The Kier molecular flexibility index (Phi) is 8.39. The van der Waals surface area contributed by atoms with Crippen molar-refractivity contribution in [1.29, 1.82) is 0 Å². The molecular weight excluding hydrogens is 572 g/mol. The van der Waals surface area contributed by atoms with Gasteiger partial charge in [0, 0.05) is 6.07 Å². The van der Waals surface area contributed by atoms with Crippen LogP contribution in [0.25, 0.3) is 5.69 Å². The van der Waals surface area contributed by atoms with E-state index in [9.17, 15) is 34.6 Å². The van der Waals surface area contributed by atoms with E-state index in [1.54, 1.807) is 0 Å². The first-order valence-electron chi connectivity index (χ1n) is 10.1. The van der Waals surface area contributed by atoms with Crippen LogP contribution < -0.4 is 15.0 Å². The second-order valence-corrected chi connectivity index (χ2v) is 11.8. The molecule has 0 saturated carbocycles. The third-order valence-corrected chi connectivity index (χ3v) is 7.83. The molecule has 0 unspecified atom stereocenters. The third-order valence-electron chi connectivity index (χ3n) is 4.80. The number of aromatic nitrogens is 2. The van der Waals surface area contributed by atoms with Crippen LogP contribution in [-0.4, -0.2) is 70.7 Å². The van der Waals surface area contributed by atoms with Gasteiger partial charge in [-0.05, 0) is 30.3 Å². The van der Waals surface area contributed by atoms with Crippen LogP contribution in [0.5, 0.6) is 11.5 Å². The first-order valence-corrected chi connectivity index (χ1v) is 14.5. The molecule has 2 aromatic carbocycles. The van der Waals surface area contributed by atoms with E-state index in [1.807, 2.05) is 0 Å². The van der Waals surface area contributed by atoms with Crippen LogP contribution >= 0.6 is 0 Å². The van der Waals surface area contributed by atoms with Crippen LogP contribution in [0.1, 0.15) is 0 Å². The summed E-state index contributed by atoms with van der Waals surface area (Å²) in [7, 11) is -11.0. The summed E-state index contributed by atoms with van der Waals surface area (Å²) in [4.78, 5) is 12.0. The van der Waals surface area contributed by atoms with Crippen molar-refractivity contribution in [2.24, 2.45) is 10.2 Å². The number of nitrogens with one attached hydrogen (secondary N) is 1. The summed E-state index contributed by atoms with van der Waals surface area (Å²) in [5, 5.41) is 10.3. The fraction of sp³-hybridized carbons (Fsp3) is 0.211. The molecule has 1 aromatic heterocycles. The summed E-state index contributed by atoms with van der Waals surface area (Å²) >= 11 is 0. The Morgan fingerprint density at radius 1 is 0.895 bits per heavy atom. The smallest absolute Gasteiger partial charge is 0.397 e. The first-order chi connectivity index (χ1) is 17.7. The summed E-state index contributed by atoms with van der Waals surface area (Å²) in [6, 6.07) is 7.04. The van der Waals surface area contributed by atoms with Gasteiger partial charge in [-0.15, -0.1) is 10.2 Å². The Labute approximate surface area is 216 Å². The Hall–Kier alpha value is -3.62. The number of azo groups is 1. The lowest BCUT2D eigenvalue weighted by Gasteiger charge is -2.10. The number of hydrogen-bond donors (Lipinski definition) is 3. The van der Waals surface area contributed by atoms with Gasteiger partial charge in [-0.1, -0.05) is 0 Å². The number of nitrogens with zero attached hydrogens (tertiary/aromatic N) is 3. The average Bonchev–Trinajstić information content (AvgIpc) is 3.20. The summed E-state index contributed by atoms with van der Waals surface area (Å²) in [5.41, 5.74) is -0.843. The predicted molar refractivity (Wildman–Crippen MR) is 129 cm³/mol. The Balaban J connectivity index is 1.87. The molecule has 0 bridgehead atoms. The molecule has 0 saturated heterocycles. The fourth-order valence-electron chi connectivity index (χ4n) is 3.03. The van der Waals surface area contributed by atoms with Crippen molar-refractivity contribution in [3.05, 3.63) is 52.9 Å². The number of aromatic amines is 1. The maximum atomic E-state index is 12.8. The van der Waals surface area contributed by atoms with Crippen LogP contribution in [0, 0.1) is 0 Å². The highest BCUT2D eigenvalue weighted by Crippen LogP contribution is 2.37. The molecule has 0 fully saturated rings. The maximum absolute atomic E-state index is 12.8. The summed E-state index contributed by atoms with van der Waals surface area (Å²) in [5.74, 6) is -0.899. The van der Waals surface area contributed by atoms with E-state index in [2.05, 4.69) is 19.5 Å². The highest BCUT2D eigenvalue weighted by Gasteiger charge is 2.21. The summed E-state index contributed by atoms with van der Waals surface area (Å²) in [6.45, 7) is -0.794. The highest BCUT2D eigenvalue weighted by molar-refractivity contribution is 7.91. The average molecular weight is 593 g/mol.